The highest BCUT2D eigenvalue weighted by molar-refractivity contribution is 5.94. The number of carbonyl (C=O) groups excluding carboxylic acids is 2. The molecule has 3 aliphatic heterocycles. The molecule has 0 bridgehead atoms. The molecular weight excluding hydrogens is 446 g/mol. The van der Waals surface area contributed by atoms with Gasteiger partial charge >= 0.3 is 5.97 Å². The van der Waals surface area contributed by atoms with Crippen molar-refractivity contribution in [2.75, 3.05) is 32.7 Å². The number of hydrogen-bond acceptors (Lipinski definition) is 8. The van der Waals surface area contributed by atoms with Gasteiger partial charge in [-0.1, -0.05) is 18.2 Å². The van der Waals surface area contributed by atoms with Gasteiger partial charge in [-0.2, -0.15) is 0 Å². The Bertz CT molecular complexity index is 1260. The standard InChI is InChI=1S/C25H27N7O3/c1-16-20(6-7-21-22(16)14-35-25(21)34)23-13-30-8-9-31(12-19(30)11-26-23)24(33)10-17-2-4-18(5-3-17)32-15-27-28-29-32/h2-7,15,19,23,26H,8-14H2,1H3/t19-,23-/m1/s1. The monoisotopic (exact) mass is 473 g/mol. The fraction of sp³-hybridized carbons (Fsp3) is 0.400. The maximum Gasteiger partial charge on any atom is 0.338 e. The van der Waals surface area contributed by atoms with Gasteiger partial charge in [0.15, 0.2) is 0 Å². The Kier molecular flexibility index (Phi) is 5.54. The zero-order chi connectivity index (χ0) is 23.9. The second kappa shape index (κ2) is 8.86. The molecule has 10 nitrogen and oxygen atoms in total. The Morgan fingerprint density at radius 1 is 1.14 bits per heavy atom. The van der Waals surface area contributed by atoms with Gasteiger partial charge in [0.1, 0.15) is 12.9 Å². The van der Waals surface area contributed by atoms with E-state index < -0.39 is 0 Å². The van der Waals surface area contributed by atoms with Crippen molar-refractivity contribution in [2.45, 2.75) is 32.0 Å². The molecule has 0 radical (unpaired) electrons. The van der Waals surface area contributed by atoms with Gasteiger partial charge in [0.2, 0.25) is 5.91 Å². The Morgan fingerprint density at radius 2 is 2.00 bits per heavy atom. The number of carbonyl (C=O) groups is 2. The van der Waals surface area contributed by atoms with Gasteiger partial charge in [-0.05, 0) is 52.2 Å². The van der Waals surface area contributed by atoms with Crippen LogP contribution in [0.3, 0.4) is 0 Å². The van der Waals surface area contributed by atoms with E-state index in [1.807, 2.05) is 35.2 Å². The van der Waals surface area contributed by atoms with E-state index in [4.69, 9.17) is 4.74 Å². The molecule has 0 aliphatic carbocycles. The van der Waals surface area contributed by atoms with Gasteiger partial charge in [0.05, 0.1) is 17.7 Å². The SMILES string of the molecule is Cc1c([C@H]2CN3CCN(C(=O)Cc4ccc(-n5cnnn5)cc4)C[C@H]3CN2)ccc2c1COC2=O. The molecule has 180 valence electrons. The molecule has 1 N–H and O–H groups in total. The van der Waals surface area contributed by atoms with Gasteiger partial charge in [-0.15, -0.1) is 5.10 Å². The molecule has 1 amide bonds. The van der Waals surface area contributed by atoms with E-state index in [0.29, 0.717) is 24.6 Å². The highest BCUT2D eigenvalue weighted by Gasteiger charge is 2.36. The van der Waals surface area contributed by atoms with Crippen LogP contribution in [0, 0.1) is 6.92 Å². The van der Waals surface area contributed by atoms with Crippen LogP contribution in [0.2, 0.25) is 0 Å². The number of aromatic nitrogens is 4. The van der Waals surface area contributed by atoms with Crippen molar-refractivity contribution < 1.29 is 14.3 Å². The zero-order valence-corrected chi connectivity index (χ0v) is 19.6. The first-order chi connectivity index (χ1) is 17.1. The molecule has 6 rings (SSSR count). The largest absolute Gasteiger partial charge is 0.457 e. The van der Waals surface area contributed by atoms with Crippen LogP contribution in [0.15, 0.2) is 42.7 Å². The van der Waals surface area contributed by atoms with Crippen LogP contribution in [-0.2, 0) is 22.6 Å². The van der Waals surface area contributed by atoms with Crippen molar-refractivity contribution in [3.63, 3.8) is 0 Å². The van der Waals surface area contributed by atoms with E-state index in [9.17, 15) is 9.59 Å². The number of tetrazole rings is 1. The number of ether oxygens (including phenoxy) is 1. The molecule has 2 saturated heterocycles. The van der Waals surface area contributed by atoms with E-state index in [2.05, 4.69) is 38.7 Å². The van der Waals surface area contributed by atoms with Crippen molar-refractivity contribution in [3.05, 3.63) is 70.5 Å². The minimum Gasteiger partial charge on any atom is -0.457 e. The fourth-order valence-corrected chi connectivity index (χ4v) is 5.42. The van der Waals surface area contributed by atoms with Crippen LogP contribution in [0.1, 0.15) is 38.7 Å². The highest BCUT2D eigenvalue weighted by atomic mass is 16.5. The van der Waals surface area contributed by atoms with Crippen LogP contribution in [0.25, 0.3) is 5.69 Å². The molecule has 1 aromatic heterocycles. The minimum atomic E-state index is -0.226. The Labute approximate surface area is 202 Å². The molecule has 2 aromatic carbocycles. The third-order valence-corrected chi connectivity index (χ3v) is 7.46. The molecule has 3 aromatic rings. The number of hydrogen-bond donors (Lipinski definition) is 1. The summed E-state index contributed by atoms with van der Waals surface area (Å²) in [4.78, 5) is 29.4. The Hall–Kier alpha value is -3.63. The first-order valence-corrected chi connectivity index (χ1v) is 11.9. The van der Waals surface area contributed by atoms with Crippen molar-refractivity contribution in [3.8, 4) is 5.69 Å². The topological polar surface area (TPSA) is 105 Å². The van der Waals surface area contributed by atoms with Crippen molar-refractivity contribution in [2.24, 2.45) is 0 Å². The number of nitrogens with zero attached hydrogens (tertiary/aromatic N) is 6. The van der Waals surface area contributed by atoms with Gasteiger partial charge in [0.25, 0.3) is 0 Å². The summed E-state index contributed by atoms with van der Waals surface area (Å²) in [5.41, 5.74) is 5.91. The van der Waals surface area contributed by atoms with Crippen LogP contribution in [-0.4, -0.2) is 80.6 Å². The lowest BCUT2D eigenvalue weighted by atomic mass is 9.92. The number of rotatable bonds is 4. The molecule has 35 heavy (non-hydrogen) atoms. The van der Waals surface area contributed by atoms with Gasteiger partial charge in [-0.25, -0.2) is 9.48 Å². The lowest BCUT2D eigenvalue weighted by molar-refractivity contribution is -0.134. The summed E-state index contributed by atoms with van der Waals surface area (Å²) >= 11 is 0. The molecule has 2 fully saturated rings. The molecule has 0 saturated carbocycles. The highest BCUT2D eigenvalue weighted by Crippen LogP contribution is 2.31. The van der Waals surface area contributed by atoms with E-state index in [0.717, 1.165) is 55.1 Å². The first kappa shape index (κ1) is 21.9. The molecular formula is C25H27N7O3. The van der Waals surface area contributed by atoms with Crippen molar-refractivity contribution in [1.82, 2.24) is 35.3 Å². The smallest absolute Gasteiger partial charge is 0.338 e. The van der Waals surface area contributed by atoms with Gasteiger partial charge in [0, 0.05) is 50.4 Å². The average molecular weight is 474 g/mol. The summed E-state index contributed by atoms with van der Waals surface area (Å²) in [5.74, 6) is -0.0726. The lowest BCUT2D eigenvalue weighted by Crippen LogP contribution is -2.62. The number of fused-ring (bicyclic) bond motifs is 2. The zero-order valence-electron chi connectivity index (χ0n) is 19.6. The normalized spacial score (nSPS) is 22.0. The summed E-state index contributed by atoms with van der Waals surface area (Å²) in [6, 6.07) is 12.2. The summed E-state index contributed by atoms with van der Waals surface area (Å²) in [5, 5.41) is 14.9. The Balaban J connectivity index is 1.07. The predicted molar refractivity (Wildman–Crippen MR) is 126 cm³/mol. The number of amides is 1. The number of cyclic esters (lactones) is 1. The third-order valence-electron chi connectivity index (χ3n) is 7.46. The molecule has 0 spiro atoms. The second-order valence-electron chi connectivity index (χ2n) is 9.43. The molecule has 3 aliphatic rings. The number of benzene rings is 2. The maximum absolute atomic E-state index is 13.0. The summed E-state index contributed by atoms with van der Waals surface area (Å²) < 4.78 is 6.80. The van der Waals surface area contributed by atoms with Crippen LogP contribution >= 0.6 is 0 Å². The second-order valence-corrected chi connectivity index (χ2v) is 9.43. The summed E-state index contributed by atoms with van der Waals surface area (Å²) in [6.07, 6.45) is 1.93. The lowest BCUT2D eigenvalue weighted by Gasteiger charge is -2.47. The summed E-state index contributed by atoms with van der Waals surface area (Å²) in [6.45, 7) is 6.47. The summed E-state index contributed by atoms with van der Waals surface area (Å²) in [7, 11) is 0. The van der Waals surface area contributed by atoms with E-state index >= 15 is 0 Å². The van der Waals surface area contributed by atoms with Crippen LogP contribution in [0.4, 0.5) is 0 Å². The Morgan fingerprint density at radius 3 is 2.80 bits per heavy atom. The van der Waals surface area contributed by atoms with Crippen LogP contribution in [0.5, 0.6) is 0 Å². The fourth-order valence-electron chi connectivity index (χ4n) is 5.42. The van der Waals surface area contributed by atoms with Crippen molar-refractivity contribution in [1.29, 1.82) is 0 Å². The predicted octanol–water partition coefficient (Wildman–Crippen LogP) is 1.04. The van der Waals surface area contributed by atoms with E-state index in [1.54, 1.807) is 11.0 Å². The first-order valence-electron chi connectivity index (χ1n) is 11.9. The number of piperazine rings is 2. The maximum atomic E-state index is 13.0. The molecule has 10 heteroatoms. The number of nitrogens with one attached hydrogen (secondary N) is 1. The minimum absolute atomic E-state index is 0.154. The van der Waals surface area contributed by atoms with Crippen molar-refractivity contribution >= 4 is 11.9 Å². The van der Waals surface area contributed by atoms with Gasteiger partial charge < -0.3 is 15.0 Å². The molecule has 4 heterocycles. The molecule has 2 atom stereocenters. The molecule has 0 unspecified atom stereocenters. The third kappa shape index (κ3) is 4.08. The number of esters is 1. The quantitative estimate of drug-likeness (QED) is 0.561. The van der Waals surface area contributed by atoms with Crippen LogP contribution < -0.4 is 5.32 Å². The average Bonchev–Trinajstić information content (AvgIpc) is 3.55. The van der Waals surface area contributed by atoms with E-state index in [1.165, 1.54) is 5.56 Å². The van der Waals surface area contributed by atoms with E-state index in [-0.39, 0.29) is 17.9 Å². The van der Waals surface area contributed by atoms with Gasteiger partial charge in [-0.3, -0.25) is 9.69 Å².